The average Bonchev–Trinajstić information content (AvgIpc) is 3.53. The molecule has 2 amide bonds. The van der Waals surface area contributed by atoms with Crippen LogP contribution in [0.5, 0.6) is 17.2 Å². The van der Waals surface area contributed by atoms with Gasteiger partial charge in [0.1, 0.15) is 5.82 Å². The molecular formula is C32H41N9O5. The highest BCUT2D eigenvalue weighted by molar-refractivity contribution is 5.93. The molecule has 0 radical (unpaired) electrons. The van der Waals surface area contributed by atoms with Crippen LogP contribution in [0, 0.1) is 5.92 Å². The van der Waals surface area contributed by atoms with Crippen LogP contribution < -0.4 is 24.4 Å². The number of pyridine rings is 1. The third-order valence-corrected chi connectivity index (χ3v) is 8.82. The van der Waals surface area contributed by atoms with Gasteiger partial charge in [-0.3, -0.25) is 14.5 Å². The van der Waals surface area contributed by atoms with Crippen molar-refractivity contribution in [3.8, 4) is 17.2 Å². The van der Waals surface area contributed by atoms with Gasteiger partial charge in [0.25, 0.3) is 11.7 Å². The normalized spacial score (nSPS) is 18.4. The summed E-state index contributed by atoms with van der Waals surface area (Å²) in [5, 5.41) is 8.29. The molecule has 2 aliphatic rings. The summed E-state index contributed by atoms with van der Waals surface area (Å²) in [6, 6.07) is 5.76. The number of fused-ring (bicyclic) bond motifs is 6. The number of rotatable bonds is 5. The summed E-state index contributed by atoms with van der Waals surface area (Å²) in [5.74, 6) is 2.78. The maximum Gasteiger partial charge on any atom is 0.293 e. The summed E-state index contributed by atoms with van der Waals surface area (Å²) in [6.07, 6.45) is 5.51. The number of aromatic nitrogens is 5. The molecule has 0 spiro atoms. The van der Waals surface area contributed by atoms with Crippen LogP contribution in [-0.4, -0.2) is 113 Å². The lowest BCUT2D eigenvalue weighted by Gasteiger charge is -2.35. The fraction of sp³-hybridized carbons (Fsp3) is 0.500. The Hall–Kier alpha value is -4.72. The largest absolute Gasteiger partial charge is 0.493 e. The first-order valence-corrected chi connectivity index (χ1v) is 15.8. The van der Waals surface area contributed by atoms with Crippen LogP contribution >= 0.6 is 0 Å². The topological polar surface area (TPSA) is 140 Å². The molecule has 244 valence electrons. The van der Waals surface area contributed by atoms with Gasteiger partial charge >= 0.3 is 0 Å². The number of amides is 2. The third kappa shape index (κ3) is 6.34. The second-order valence-electron chi connectivity index (χ2n) is 11.7. The summed E-state index contributed by atoms with van der Waals surface area (Å²) in [6.45, 7) is 6.86. The van der Waals surface area contributed by atoms with E-state index in [2.05, 4.69) is 43.2 Å². The molecule has 0 saturated carbocycles. The van der Waals surface area contributed by atoms with Crippen molar-refractivity contribution >= 4 is 34.3 Å². The molecule has 1 atom stereocenters. The Bertz CT molecular complexity index is 1690. The summed E-state index contributed by atoms with van der Waals surface area (Å²) < 4.78 is 18.6. The molecule has 46 heavy (non-hydrogen) atoms. The standard InChI is InChI=1S/C32H41N9O5/c1-5-38-14-15-39(31(43)29-36-32-33-10-7-12-41(32)37-29)13-9-26(42)34-18-21-8-6-11-40(19-21)30-22(20-38)16-23-24(35-30)17-25(44-2)28(46-4)27(23)45-3/h7,10,12,16-17,21H,5-6,8-9,11,13-15,18-20H2,1-4H3,(H,34,42). The van der Waals surface area contributed by atoms with E-state index in [1.165, 1.54) is 4.52 Å². The van der Waals surface area contributed by atoms with E-state index in [4.69, 9.17) is 19.2 Å². The number of ether oxygens (including phenoxy) is 3. The molecular weight excluding hydrogens is 590 g/mol. The van der Waals surface area contributed by atoms with Crippen molar-refractivity contribution in [2.24, 2.45) is 5.92 Å². The zero-order chi connectivity index (χ0) is 32.2. The number of piperidine rings is 1. The van der Waals surface area contributed by atoms with E-state index in [1.807, 2.05) is 6.07 Å². The number of nitrogens with one attached hydrogen (secondary N) is 1. The molecule has 2 aliphatic heterocycles. The molecule has 6 rings (SSSR count). The first kappa shape index (κ1) is 31.3. The Labute approximate surface area is 267 Å². The van der Waals surface area contributed by atoms with Crippen molar-refractivity contribution in [2.75, 3.05) is 72.0 Å². The minimum absolute atomic E-state index is 0.0548. The lowest BCUT2D eigenvalue weighted by molar-refractivity contribution is -0.121. The monoisotopic (exact) mass is 631 g/mol. The van der Waals surface area contributed by atoms with Crippen LogP contribution in [0.1, 0.15) is 42.4 Å². The number of methoxy groups -OCH3 is 3. The minimum atomic E-state index is -0.334. The maximum absolute atomic E-state index is 13.7. The van der Waals surface area contributed by atoms with E-state index in [9.17, 15) is 9.59 Å². The van der Waals surface area contributed by atoms with Crippen molar-refractivity contribution in [1.82, 2.24) is 39.7 Å². The van der Waals surface area contributed by atoms with E-state index in [0.717, 1.165) is 54.8 Å². The molecule has 1 fully saturated rings. The van der Waals surface area contributed by atoms with Gasteiger partial charge in [0.05, 0.1) is 26.8 Å². The van der Waals surface area contributed by atoms with Crippen LogP contribution in [0.2, 0.25) is 0 Å². The highest BCUT2D eigenvalue weighted by Crippen LogP contribution is 2.44. The first-order valence-electron chi connectivity index (χ1n) is 15.8. The fourth-order valence-corrected chi connectivity index (χ4v) is 6.35. The van der Waals surface area contributed by atoms with Gasteiger partial charge in [0, 0.05) is 81.6 Å². The van der Waals surface area contributed by atoms with E-state index >= 15 is 0 Å². The molecule has 0 aliphatic carbocycles. The SMILES string of the molecule is CCN1CCN(C(=O)c2nc3ncccn3n2)CCC(=O)NCC2CCCN(C2)c2nc3cc(OC)c(OC)c(OC)c3cc2C1. The second kappa shape index (κ2) is 13.7. The van der Waals surface area contributed by atoms with Crippen molar-refractivity contribution in [3.63, 3.8) is 0 Å². The smallest absolute Gasteiger partial charge is 0.293 e. The maximum atomic E-state index is 13.7. The van der Waals surface area contributed by atoms with Crippen LogP contribution in [0.3, 0.4) is 0 Å². The Balaban J connectivity index is 1.38. The highest BCUT2D eigenvalue weighted by atomic mass is 16.5. The van der Waals surface area contributed by atoms with E-state index in [1.54, 1.807) is 44.7 Å². The third-order valence-electron chi connectivity index (χ3n) is 8.82. The van der Waals surface area contributed by atoms with Gasteiger partial charge in [-0.15, -0.1) is 5.10 Å². The molecule has 14 nitrogen and oxygen atoms in total. The number of hydrogen-bond acceptors (Lipinski definition) is 11. The zero-order valence-electron chi connectivity index (χ0n) is 26.9. The van der Waals surface area contributed by atoms with Crippen LogP contribution in [0.15, 0.2) is 30.6 Å². The number of benzene rings is 1. The molecule has 1 unspecified atom stereocenters. The fourth-order valence-electron chi connectivity index (χ4n) is 6.35. The van der Waals surface area contributed by atoms with Crippen molar-refractivity contribution < 1.29 is 23.8 Å². The molecule has 1 aromatic carbocycles. The Kier molecular flexibility index (Phi) is 9.33. The van der Waals surface area contributed by atoms with Crippen molar-refractivity contribution in [1.29, 1.82) is 0 Å². The Morgan fingerprint density at radius 3 is 2.65 bits per heavy atom. The highest BCUT2D eigenvalue weighted by Gasteiger charge is 2.28. The lowest BCUT2D eigenvalue weighted by Crippen LogP contribution is -2.42. The van der Waals surface area contributed by atoms with Gasteiger partial charge in [0.2, 0.25) is 17.5 Å². The predicted molar refractivity (Wildman–Crippen MR) is 172 cm³/mol. The van der Waals surface area contributed by atoms with Crippen molar-refractivity contribution in [3.05, 3.63) is 42.0 Å². The molecule has 3 aromatic heterocycles. The van der Waals surface area contributed by atoms with E-state index < -0.39 is 0 Å². The quantitative estimate of drug-likeness (QED) is 0.347. The lowest BCUT2D eigenvalue weighted by atomic mass is 9.97. The number of hydrogen-bond donors (Lipinski definition) is 1. The van der Waals surface area contributed by atoms with E-state index in [0.29, 0.717) is 49.2 Å². The molecule has 1 saturated heterocycles. The summed E-state index contributed by atoms with van der Waals surface area (Å²) in [4.78, 5) is 46.7. The first-order chi connectivity index (χ1) is 22.4. The summed E-state index contributed by atoms with van der Waals surface area (Å²) in [5.41, 5.74) is 1.79. The predicted octanol–water partition coefficient (Wildman–Crippen LogP) is 2.40. The van der Waals surface area contributed by atoms with Gasteiger partial charge in [0.15, 0.2) is 11.5 Å². The van der Waals surface area contributed by atoms with Gasteiger partial charge in [-0.2, -0.15) is 4.98 Å². The van der Waals surface area contributed by atoms with Crippen LogP contribution in [-0.2, 0) is 11.3 Å². The molecule has 14 heteroatoms. The average molecular weight is 632 g/mol. The van der Waals surface area contributed by atoms with Gasteiger partial charge in [-0.25, -0.2) is 14.5 Å². The summed E-state index contributed by atoms with van der Waals surface area (Å²) in [7, 11) is 4.81. The number of likely N-dealkylation sites (N-methyl/N-ethyl adjacent to an activating group) is 1. The van der Waals surface area contributed by atoms with E-state index in [-0.39, 0.29) is 36.5 Å². The second-order valence-corrected chi connectivity index (χ2v) is 11.7. The van der Waals surface area contributed by atoms with Gasteiger partial charge < -0.3 is 29.3 Å². The molecule has 2 bridgehead atoms. The number of anilines is 1. The van der Waals surface area contributed by atoms with Gasteiger partial charge in [-0.05, 0) is 37.4 Å². The van der Waals surface area contributed by atoms with Crippen LogP contribution in [0.25, 0.3) is 16.7 Å². The number of carbonyl (C=O) groups is 2. The van der Waals surface area contributed by atoms with Crippen LogP contribution in [0.4, 0.5) is 5.82 Å². The molecule has 4 aromatic rings. The zero-order valence-corrected chi connectivity index (χ0v) is 26.9. The Morgan fingerprint density at radius 2 is 1.89 bits per heavy atom. The number of carbonyl (C=O) groups excluding carboxylic acids is 2. The minimum Gasteiger partial charge on any atom is -0.493 e. The summed E-state index contributed by atoms with van der Waals surface area (Å²) >= 11 is 0. The molecule has 1 N–H and O–H groups in total. The van der Waals surface area contributed by atoms with Gasteiger partial charge in [-0.1, -0.05) is 6.92 Å². The molecule has 5 heterocycles. The Morgan fingerprint density at radius 1 is 1.04 bits per heavy atom. The van der Waals surface area contributed by atoms with Crippen molar-refractivity contribution in [2.45, 2.75) is 32.7 Å². The number of nitrogens with zero attached hydrogens (tertiary/aromatic N) is 8.